The third-order valence-corrected chi connectivity index (χ3v) is 4.11. The molecule has 1 aromatic carbocycles. The molecule has 2 nitrogen and oxygen atoms in total. The zero-order valence-electron chi connectivity index (χ0n) is 11.7. The topological polar surface area (TPSA) is 20.3 Å². The summed E-state index contributed by atoms with van der Waals surface area (Å²) in [5, 5.41) is 0.707. The molecule has 1 unspecified atom stereocenters. The molecule has 4 heteroatoms. The van der Waals surface area contributed by atoms with Crippen LogP contribution in [0.5, 0.6) is 0 Å². The van der Waals surface area contributed by atoms with Gasteiger partial charge in [0.1, 0.15) is 5.88 Å². The fraction of sp³-hybridized carbons (Fsp3) is 0.533. The number of carbonyl (C=O) groups is 1. The number of alkyl halides is 1. The molecular weight excluding hydrogens is 281 g/mol. The Hall–Kier alpha value is -0.730. The van der Waals surface area contributed by atoms with Gasteiger partial charge in [-0.1, -0.05) is 50.4 Å². The van der Waals surface area contributed by atoms with Gasteiger partial charge in [0.15, 0.2) is 0 Å². The lowest BCUT2D eigenvalue weighted by atomic mass is 9.88. The number of amides is 1. The van der Waals surface area contributed by atoms with Crippen LogP contribution in [-0.4, -0.2) is 23.7 Å². The fourth-order valence-electron chi connectivity index (χ4n) is 2.46. The molecule has 0 aliphatic rings. The molecule has 1 amide bonds. The van der Waals surface area contributed by atoms with Crippen molar-refractivity contribution >= 4 is 29.1 Å². The van der Waals surface area contributed by atoms with E-state index in [1.807, 2.05) is 31.3 Å². The Balaban J connectivity index is 3.11. The fourth-order valence-corrected chi connectivity index (χ4v) is 2.77. The summed E-state index contributed by atoms with van der Waals surface area (Å²) in [4.78, 5) is 13.7. The molecule has 1 rings (SSSR count). The van der Waals surface area contributed by atoms with E-state index in [1.165, 1.54) is 0 Å². The van der Waals surface area contributed by atoms with Gasteiger partial charge in [-0.05, 0) is 23.6 Å². The molecule has 0 saturated heterocycles. The first-order valence-electron chi connectivity index (χ1n) is 6.62. The summed E-state index contributed by atoms with van der Waals surface area (Å²) in [6, 6.07) is 7.77. The Morgan fingerprint density at radius 1 is 1.21 bits per heavy atom. The molecule has 1 atom stereocenters. The average Bonchev–Trinajstić information content (AvgIpc) is 2.44. The van der Waals surface area contributed by atoms with E-state index in [4.69, 9.17) is 23.2 Å². The zero-order valence-corrected chi connectivity index (χ0v) is 13.2. The second-order valence-corrected chi connectivity index (χ2v) is 5.41. The van der Waals surface area contributed by atoms with Crippen molar-refractivity contribution in [3.8, 4) is 0 Å². The highest BCUT2D eigenvalue weighted by Crippen LogP contribution is 2.33. The lowest BCUT2D eigenvalue weighted by molar-refractivity contribution is -0.130. The van der Waals surface area contributed by atoms with Crippen LogP contribution in [0.25, 0.3) is 0 Å². The number of carbonyl (C=O) groups excluding carboxylic acids is 1. The molecule has 106 valence electrons. The van der Waals surface area contributed by atoms with Gasteiger partial charge in [-0.15, -0.1) is 11.6 Å². The van der Waals surface area contributed by atoms with Crippen molar-refractivity contribution in [2.45, 2.75) is 32.7 Å². The van der Waals surface area contributed by atoms with E-state index in [2.05, 4.69) is 13.8 Å². The summed E-state index contributed by atoms with van der Waals surface area (Å²) < 4.78 is 0. The van der Waals surface area contributed by atoms with E-state index < -0.39 is 0 Å². The van der Waals surface area contributed by atoms with E-state index in [-0.39, 0.29) is 17.8 Å². The molecule has 0 aliphatic carbocycles. The van der Waals surface area contributed by atoms with Crippen LogP contribution < -0.4 is 0 Å². The Bertz CT molecular complexity index is 401. The van der Waals surface area contributed by atoms with Gasteiger partial charge in [0.25, 0.3) is 0 Å². The SMILES string of the molecule is CCC(CC)C(c1ccc(Cl)cc1)N(C)C(=O)CCl. The van der Waals surface area contributed by atoms with Gasteiger partial charge in [-0.3, -0.25) is 4.79 Å². The van der Waals surface area contributed by atoms with E-state index in [0.29, 0.717) is 10.9 Å². The van der Waals surface area contributed by atoms with Gasteiger partial charge in [-0.2, -0.15) is 0 Å². The molecule has 0 fully saturated rings. The van der Waals surface area contributed by atoms with Gasteiger partial charge in [0.2, 0.25) is 5.91 Å². The molecule has 1 aromatic rings. The number of rotatable bonds is 6. The van der Waals surface area contributed by atoms with Crippen molar-refractivity contribution in [2.75, 3.05) is 12.9 Å². The normalized spacial score (nSPS) is 12.5. The van der Waals surface area contributed by atoms with Gasteiger partial charge >= 0.3 is 0 Å². The molecule has 0 N–H and O–H groups in total. The van der Waals surface area contributed by atoms with Crippen LogP contribution in [0, 0.1) is 5.92 Å². The van der Waals surface area contributed by atoms with Crippen LogP contribution in [0.15, 0.2) is 24.3 Å². The Labute approximate surface area is 125 Å². The van der Waals surface area contributed by atoms with Crippen LogP contribution in [0.3, 0.4) is 0 Å². The van der Waals surface area contributed by atoms with E-state index in [1.54, 1.807) is 4.90 Å². The smallest absolute Gasteiger partial charge is 0.237 e. The second-order valence-electron chi connectivity index (χ2n) is 4.71. The molecule has 0 saturated carbocycles. The number of hydrogen-bond donors (Lipinski definition) is 0. The minimum absolute atomic E-state index is 0.0146. The standard InChI is InChI=1S/C15H21Cl2NO/c1-4-11(5-2)15(18(3)14(19)10-16)12-6-8-13(17)9-7-12/h6-9,11,15H,4-5,10H2,1-3H3. The lowest BCUT2D eigenvalue weighted by Crippen LogP contribution is -2.36. The summed E-state index contributed by atoms with van der Waals surface area (Å²) in [7, 11) is 1.82. The third kappa shape index (κ3) is 4.12. The minimum Gasteiger partial charge on any atom is -0.337 e. The van der Waals surface area contributed by atoms with Gasteiger partial charge in [0.05, 0.1) is 6.04 Å². The minimum atomic E-state index is -0.0477. The molecule has 19 heavy (non-hydrogen) atoms. The van der Waals surface area contributed by atoms with Crippen molar-refractivity contribution < 1.29 is 4.79 Å². The Morgan fingerprint density at radius 2 is 1.74 bits per heavy atom. The molecule has 0 aromatic heterocycles. The van der Waals surface area contributed by atoms with Crippen molar-refractivity contribution in [2.24, 2.45) is 5.92 Å². The molecule has 0 radical (unpaired) electrons. The maximum atomic E-state index is 11.9. The molecule has 0 spiro atoms. The van der Waals surface area contributed by atoms with Crippen molar-refractivity contribution in [1.82, 2.24) is 4.90 Å². The monoisotopic (exact) mass is 301 g/mol. The molecule has 0 bridgehead atoms. The predicted octanol–water partition coefficient (Wildman–Crippen LogP) is 4.51. The summed E-state index contributed by atoms with van der Waals surface area (Å²) in [5.74, 6) is 0.382. The highest BCUT2D eigenvalue weighted by molar-refractivity contribution is 6.30. The number of hydrogen-bond acceptors (Lipinski definition) is 1. The van der Waals surface area contributed by atoms with Gasteiger partial charge in [-0.25, -0.2) is 0 Å². The average molecular weight is 302 g/mol. The first-order valence-corrected chi connectivity index (χ1v) is 7.53. The first-order chi connectivity index (χ1) is 9.04. The first kappa shape index (κ1) is 16.3. The summed E-state index contributed by atoms with van der Waals surface area (Å²) in [6.07, 6.45) is 2.04. The van der Waals surface area contributed by atoms with Gasteiger partial charge < -0.3 is 4.90 Å². The van der Waals surface area contributed by atoms with Crippen LogP contribution in [-0.2, 0) is 4.79 Å². The zero-order chi connectivity index (χ0) is 14.4. The molecule has 0 heterocycles. The van der Waals surface area contributed by atoms with Crippen molar-refractivity contribution in [3.63, 3.8) is 0 Å². The van der Waals surface area contributed by atoms with Crippen molar-refractivity contribution in [3.05, 3.63) is 34.9 Å². The number of benzene rings is 1. The highest BCUT2D eigenvalue weighted by atomic mass is 35.5. The van der Waals surface area contributed by atoms with E-state index in [9.17, 15) is 4.79 Å². The summed E-state index contributed by atoms with van der Waals surface area (Å²) in [6.45, 7) is 4.30. The highest BCUT2D eigenvalue weighted by Gasteiger charge is 2.27. The quantitative estimate of drug-likeness (QED) is 0.708. The molecule has 0 aliphatic heterocycles. The Kier molecular flexibility index (Phi) is 6.67. The summed E-state index contributed by atoms with van der Waals surface area (Å²) in [5.41, 5.74) is 1.11. The van der Waals surface area contributed by atoms with Crippen LogP contribution in [0.2, 0.25) is 5.02 Å². The maximum absolute atomic E-state index is 11.9. The largest absolute Gasteiger partial charge is 0.337 e. The maximum Gasteiger partial charge on any atom is 0.237 e. The van der Waals surface area contributed by atoms with Crippen LogP contribution >= 0.6 is 23.2 Å². The Morgan fingerprint density at radius 3 is 2.16 bits per heavy atom. The molecular formula is C15H21Cl2NO. The number of nitrogens with zero attached hydrogens (tertiary/aromatic N) is 1. The van der Waals surface area contributed by atoms with Crippen molar-refractivity contribution in [1.29, 1.82) is 0 Å². The third-order valence-electron chi connectivity index (χ3n) is 3.63. The predicted molar refractivity (Wildman–Crippen MR) is 81.8 cm³/mol. The number of halogens is 2. The summed E-state index contributed by atoms with van der Waals surface area (Å²) >= 11 is 11.6. The lowest BCUT2D eigenvalue weighted by Gasteiger charge is -2.34. The van der Waals surface area contributed by atoms with Crippen LogP contribution in [0.1, 0.15) is 38.3 Å². The van der Waals surface area contributed by atoms with E-state index in [0.717, 1.165) is 18.4 Å². The second kappa shape index (κ2) is 7.76. The van der Waals surface area contributed by atoms with Gasteiger partial charge in [0, 0.05) is 12.1 Å². The van der Waals surface area contributed by atoms with Crippen LogP contribution in [0.4, 0.5) is 0 Å². The van der Waals surface area contributed by atoms with E-state index >= 15 is 0 Å².